The number of hydrogen-bond donors (Lipinski definition) is 2. The Labute approximate surface area is 265 Å². The Morgan fingerprint density at radius 1 is 1.00 bits per heavy atom. The number of likely N-dealkylation sites (tertiary alicyclic amines) is 1. The number of aromatic amines is 1. The summed E-state index contributed by atoms with van der Waals surface area (Å²) in [5.41, 5.74) is 6.21. The fourth-order valence-corrected chi connectivity index (χ4v) is 6.29. The molecule has 1 atom stereocenters. The van der Waals surface area contributed by atoms with E-state index < -0.39 is 0 Å². The molecule has 1 aliphatic heterocycles. The number of ether oxygens (including phenoxy) is 1. The van der Waals surface area contributed by atoms with E-state index in [0.29, 0.717) is 12.6 Å². The number of para-hydroxylation sites is 1. The maximum Gasteiger partial charge on any atom is 0.253 e. The van der Waals surface area contributed by atoms with Gasteiger partial charge in [0.25, 0.3) is 5.91 Å². The topological polar surface area (TPSA) is 86.4 Å². The Bertz CT molecular complexity index is 1660. The highest BCUT2D eigenvalue weighted by atomic mass is 16.5. The lowest BCUT2D eigenvalue weighted by Gasteiger charge is -2.33. The second kappa shape index (κ2) is 14.4. The van der Waals surface area contributed by atoms with Gasteiger partial charge in [-0.15, -0.1) is 0 Å². The van der Waals surface area contributed by atoms with Crippen LogP contribution in [-0.2, 0) is 6.42 Å². The monoisotopic (exact) mass is 602 g/mol. The van der Waals surface area contributed by atoms with Gasteiger partial charge in [0.2, 0.25) is 5.95 Å². The molecule has 8 heteroatoms. The number of rotatable bonds is 12. The SMILES string of the molecule is COc1ccc(C(CCN2CCC(Nc3nc4c(Cc5ccccn5)cccc4[nH]3)CC2)CN(C)C(=O)c2ccccc2)cc1. The number of anilines is 1. The number of imidazole rings is 1. The number of amides is 1. The number of piperidine rings is 1. The number of fused-ring (bicyclic) bond motifs is 1. The Kier molecular flexibility index (Phi) is 9.71. The van der Waals surface area contributed by atoms with Crippen molar-refractivity contribution in [3.05, 3.63) is 120 Å². The quantitative estimate of drug-likeness (QED) is 0.172. The maximum absolute atomic E-state index is 13.1. The van der Waals surface area contributed by atoms with Crippen molar-refractivity contribution in [2.75, 3.05) is 45.7 Å². The average molecular weight is 603 g/mol. The number of nitrogens with one attached hydrogen (secondary N) is 2. The Hall–Kier alpha value is -4.69. The van der Waals surface area contributed by atoms with Crippen molar-refractivity contribution < 1.29 is 9.53 Å². The van der Waals surface area contributed by atoms with E-state index in [1.165, 1.54) is 11.1 Å². The van der Waals surface area contributed by atoms with Crippen molar-refractivity contribution >= 4 is 22.9 Å². The smallest absolute Gasteiger partial charge is 0.253 e. The predicted octanol–water partition coefficient (Wildman–Crippen LogP) is 6.38. The molecule has 5 aromatic rings. The number of benzene rings is 3. The second-order valence-electron chi connectivity index (χ2n) is 12.0. The molecule has 2 aromatic heterocycles. The highest BCUT2D eigenvalue weighted by molar-refractivity contribution is 5.94. The molecule has 0 spiro atoms. The van der Waals surface area contributed by atoms with E-state index in [1.807, 2.05) is 72.7 Å². The zero-order valence-corrected chi connectivity index (χ0v) is 26.2. The molecule has 0 saturated carbocycles. The van der Waals surface area contributed by atoms with Gasteiger partial charge in [0.15, 0.2) is 0 Å². The van der Waals surface area contributed by atoms with Gasteiger partial charge < -0.3 is 24.8 Å². The summed E-state index contributed by atoms with van der Waals surface area (Å²) in [5.74, 6) is 1.95. The van der Waals surface area contributed by atoms with Gasteiger partial charge in [0, 0.05) is 62.5 Å². The van der Waals surface area contributed by atoms with E-state index in [0.717, 1.165) is 79.3 Å². The fraction of sp³-hybridized carbons (Fsp3) is 0.324. The zero-order chi connectivity index (χ0) is 31.0. The van der Waals surface area contributed by atoms with Crippen LogP contribution in [0.15, 0.2) is 97.2 Å². The normalized spacial score (nSPS) is 14.7. The van der Waals surface area contributed by atoms with Crippen LogP contribution in [0.4, 0.5) is 5.95 Å². The second-order valence-corrected chi connectivity index (χ2v) is 12.0. The Balaban J connectivity index is 1.05. The minimum absolute atomic E-state index is 0.0513. The van der Waals surface area contributed by atoms with E-state index in [-0.39, 0.29) is 11.8 Å². The van der Waals surface area contributed by atoms with Crippen molar-refractivity contribution in [1.82, 2.24) is 24.8 Å². The van der Waals surface area contributed by atoms with Crippen LogP contribution < -0.4 is 10.1 Å². The molecule has 232 valence electrons. The molecule has 3 heterocycles. The first-order chi connectivity index (χ1) is 22.1. The third-order valence-electron chi connectivity index (χ3n) is 8.87. The first kappa shape index (κ1) is 30.3. The number of hydrogen-bond acceptors (Lipinski definition) is 6. The highest BCUT2D eigenvalue weighted by Crippen LogP contribution is 2.26. The number of pyridine rings is 1. The van der Waals surface area contributed by atoms with Crippen LogP contribution in [0.2, 0.25) is 0 Å². The van der Waals surface area contributed by atoms with Crippen molar-refractivity contribution in [2.24, 2.45) is 0 Å². The molecule has 6 rings (SSSR count). The molecule has 2 N–H and O–H groups in total. The standard InChI is InChI=1S/C37H42N6O2/c1-42(36(44)28-9-4-3-5-10-28)26-30(27-14-16-33(45-2)17-15-27)18-22-43-23-19-31(20-24-43)39-37-40-34-13-8-11-29(35(34)41-37)25-32-12-6-7-21-38-32/h3-17,21,30-31H,18-20,22-26H2,1-2H3,(H2,39,40,41). The number of aromatic nitrogens is 3. The molecule has 1 unspecified atom stereocenters. The number of carbonyl (C=O) groups excluding carboxylic acids is 1. The molecule has 45 heavy (non-hydrogen) atoms. The summed E-state index contributed by atoms with van der Waals surface area (Å²) >= 11 is 0. The predicted molar refractivity (Wildman–Crippen MR) is 180 cm³/mol. The van der Waals surface area contributed by atoms with Gasteiger partial charge in [-0.1, -0.05) is 48.5 Å². The van der Waals surface area contributed by atoms with Gasteiger partial charge in [0.1, 0.15) is 5.75 Å². The van der Waals surface area contributed by atoms with Crippen LogP contribution in [0.5, 0.6) is 5.75 Å². The van der Waals surface area contributed by atoms with Gasteiger partial charge in [-0.3, -0.25) is 9.78 Å². The first-order valence-electron chi connectivity index (χ1n) is 15.9. The van der Waals surface area contributed by atoms with Crippen LogP contribution >= 0.6 is 0 Å². The molecular formula is C37H42N6O2. The molecule has 0 radical (unpaired) electrons. The molecule has 0 aliphatic carbocycles. The lowest BCUT2D eigenvalue weighted by molar-refractivity contribution is 0.0782. The Morgan fingerprint density at radius 3 is 2.51 bits per heavy atom. The highest BCUT2D eigenvalue weighted by Gasteiger charge is 2.23. The molecule has 1 saturated heterocycles. The lowest BCUT2D eigenvalue weighted by atomic mass is 9.94. The van der Waals surface area contributed by atoms with Gasteiger partial charge in [-0.2, -0.15) is 0 Å². The van der Waals surface area contributed by atoms with Gasteiger partial charge in [-0.25, -0.2) is 4.98 Å². The van der Waals surface area contributed by atoms with Crippen molar-refractivity contribution in [3.63, 3.8) is 0 Å². The van der Waals surface area contributed by atoms with Gasteiger partial charge in [-0.05, 0) is 79.4 Å². The molecule has 0 bridgehead atoms. The van der Waals surface area contributed by atoms with Crippen LogP contribution in [-0.4, -0.2) is 77.0 Å². The van der Waals surface area contributed by atoms with Crippen molar-refractivity contribution in [2.45, 2.75) is 37.6 Å². The minimum Gasteiger partial charge on any atom is -0.497 e. The summed E-state index contributed by atoms with van der Waals surface area (Å²) in [5, 5.41) is 3.67. The van der Waals surface area contributed by atoms with Crippen molar-refractivity contribution in [3.8, 4) is 5.75 Å². The zero-order valence-electron chi connectivity index (χ0n) is 26.2. The molecule has 1 fully saturated rings. The molecule has 3 aromatic carbocycles. The summed E-state index contributed by atoms with van der Waals surface area (Å²) in [6, 6.07) is 30.5. The summed E-state index contributed by atoms with van der Waals surface area (Å²) < 4.78 is 5.39. The van der Waals surface area contributed by atoms with Crippen LogP contribution in [0, 0.1) is 0 Å². The Morgan fingerprint density at radius 2 is 1.78 bits per heavy atom. The number of carbonyl (C=O) groups is 1. The van der Waals surface area contributed by atoms with Crippen molar-refractivity contribution in [1.29, 1.82) is 0 Å². The maximum atomic E-state index is 13.1. The summed E-state index contributed by atoms with van der Waals surface area (Å²) in [6.45, 7) is 3.69. The molecule has 1 aliphatic rings. The largest absolute Gasteiger partial charge is 0.497 e. The fourth-order valence-electron chi connectivity index (χ4n) is 6.29. The molecular weight excluding hydrogens is 560 g/mol. The first-order valence-corrected chi connectivity index (χ1v) is 15.9. The summed E-state index contributed by atoms with van der Waals surface area (Å²) in [4.78, 5) is 30.5. The third-order valence-corrected chi connectivity index (χ3v) is 8.87. The van der Waals surface area contributed by atoms with E-state index in [9.17, 15) is 4.79 Å². The number of H-pyrrole nitrogens is 1. The van der Waals surface area contributed by atoms with Gasteiger partial charge in [0.05, 0.1) is 18.1 Å². The van der Waals surface area contributed by atoms with Crippen LogP contribution in [0.25, 0.3) is 11.0 Å². The number of nitrogens with zero attached hydrogens (tertiary/aromatic N) is 4. The minimum atomic E-state index is 0.0513. The van der Waals surface area contributed by atoms with Crippen LogP contribution in [0.3, 0.4) is 0 Å². The molecule has 1 amide bonds. The van der Waals surface area contributed by atoms with E-state index in [1.54, 1.807) is 7.11 Å². The van der Waals surface area contributed by atoms with Gasteiger partial charge >= 0.3 is 0 Å². The third kappa shape index (κ3) is 7.70. The van der Waals surface area contributed by atoms with E-state index in [4.69, 9.17) is 9.72 Å². The average Bonchev–Trinajstić information content (AvgIpc) is 3.51. The summed E-state index contributed by atoms with van der Waals surface area (Å²) in [7, 11) is 3.59. The number of likely N-dealkylation sites (N-methyl/N-ethyl adjacent to an activating group) is 1. The van der Waals surface area contributed by atoms with Crippen LogP contribution in [0.1, 0.15) is 52.4 Å². The van der Waals surface area contributed by atoms with E-state index >= 15 is 0 Å². The molecule has 8 nitrogen and oxygen atoms in total. The lowest BCUT2D eigenvalue weighted by Crippen LogP contribution is -2.40. The summed E-state index contributed by atoms with van der Waals surface area (Å²) in [6.07, 6.45) is 5.67. The number of methoxy groups -OCH3 is 1. The van der Waals surface area contributed by atoms with E-state index in [2.05, 4.69) is 56.6 Å².